The molecule has 2 unspecified atom stereocenters. The van der Waals surface area contributed by atoms with Gasteiger partial charge in [-0.3, -0.25) is 13.8 Å². The highest BCUT2D eigenvalue weighted by Gasteiger charge is 2.45. The molecule has 0 bridgehead atoms. The fourth-order valence-electron chi connectivity index (χ4n) is 3.53. The van der Waals surface area contributed by atoms with Crippen LogP contribution in [0.15, 0.2) is 42.5 Å². The number of nitrogens with one attached hydrogen (secondary N) is 2. The van der Waals surface area contributed by atoms with Gasteiger partial charge in [-0.2, -0.15) is 0 Å². The van der Waals surface area contributed by atoms with Crippen LogP contribution >= 0.6 is 0 Å². The number of carbonyl (C=O) groups is 3. The monoisotopic (exact) mass is 521 g/mol. The number of imide groups is 1. The maximum Gasteiger partial charge on any atom is 0.325 e. The first kappa shape index (κ1) is 28.9. The Morgan fingerprint density at radius 2 is 1.89 bits per heavy atom. The molecule has 11 heteroatoms. The molecule has 0 radical (unpaired) electrons. The van der Waals surface area contributed by atoms with Crippen molar-refractivity contribution in [1.82, 2.24) is 10.2 Å². The maximum absolute atomic E-state index is 14.3. The minimum atomic E-state index is -1.29. The number of rotatable bonds is 10. The second kappa shape index (κ2) is 13.7. The predicted molar refractivity (Wildman–Crippen MR) is 136 cm³/mol. The Morgan fingerprint density at radius 3 is 2.47 bits per heavy atom. The Balaban J connectivity index is 0.00000222. The Morgan fingerprint density at radius 1 is 1.22 bits per heavy atom. The summed E-state index contributed by atoms with van der Waals surface area (Å²) in [4.78, 5) is 39.8. The standard InChI is InChI=1S/C23H26FN3O6S.C2H6/c1-14-3-8-18(17(24)13-14)25-21(29)19(9-12-34(2)32)27-22(30)20(26-23(27)31)15-4-6-16(7-5-15)33-11-10-28;1-2/h3-8,13,19-20,28H,9-12H2,1-2H3,(H,25,29)(H,26,31);1-2H3/t19?,20-,34?;/m1./s1. The maximum atomic E-state index is 14.3. The molecule has 3 atom stereocenters. The van der Waals surface area contributed by atoms with Crippen molar-refractivity contribution in [2.24, 2.45) is 0 Å². The Hall–Kier alpha value is -3.31. The van der Waals surface area contributed by atoms with E-state index in [2.05, 4.69) is 10.6 Å². The van der Waals surface area contributed by atoms with E-state index in [1.807, 2.05) is 13.8 Å². The van der Waals surface area contributed by atoms with Gasteiger partial charge < -0.3 is 20.5 Å². The zero-order valence-corrected chi connectivity index (χ0v) is 21.6. The molecule has 1 aliphatic heterocycles. The number of aliphatic hydroxyl groups is 1. The highest BCUT2D eigenvalue weighted by molar-refractivity contribution is 7.84. The zero-order chi connectivity index (χ0) is 26.8. The van der Waals surface area contributed by atoms with Gasteiger partial charge in [-0.25, -0.2) is 14.1 Å². The van der Waals surface area contributed by atoms with E-state index in [0.29, 0.717) is 16.9 Å². The van der Waals surface area contributed by atoms with Crippen molar-refractivity contribution >= 4 is 34.3 Å². The molecular formula is C25H32FN3O6S. The molecule has 0 aromatic heterocycles. The van der Waals surface area contributed by atoms with Gasteiger partial charge in [0, 0.05) is 22.8 Å². The third kappa shape index (κ3) is 7.34. The van der Waals surface area contributed by atoms with Crippen LogP contribution in [0, 0.1) is 12.7 Å². The topological polar surface area (TPSA) is 125 Å². The van der Waals surface area contributed by atoms with Gasteiger partial charge in [0.25, 0.3) is 5.91 Å². The number of aliphatic hydroxyl groups excluding tert-OH is 1. The van der Waals surface area contributed by atoms with Gasteiger partial charge in [-0.1, -0.05) is 32.0 Å². The second-order valence-corrected chi connectivity index (χ2v) is 9.34. The normalized spacial score (nSPS) is 16.5. The minimum absolute atomic E-state index is 0.0533. The van der Waals surface area contributed by atoms with E-state index in [4.69, 9.17) is 9.84 Å². The zero-order valence-electron chi connectivity index (χ0n) is 20.7. The highest BCUT2D eigenvalue weighted by atomic mass is 32.2. The number of carbonyl (C=O) groups excluding carboxylic acids is 3. The molecule has 196 valence electrons. The van der Waals surface area contributed by atoms with Crippen molar-refractivity contribution in [3.8, 4) is 5.75 Å². The van der Waals surface area contributed by atoms with E-state index >= 15 is 0 Å². The van der Waals surface area contributed by atoms with E-state index < -0.39 is 46.5 Å². The van der Waals surface area contributed by atoms with E-state index in [0.717, 1.165) is 4.90 Å². The van der Waals surface area contributed by atoms with Crippen LogP contribution in [0.5, 0.6) is 5.75 Å². The van der Waals surface area contributed by atoms with Crippen LogP contribution in [0.1, 0.15) is 37.4 Å². The Labute approximate surface area is 212 Å². The number of urea groups is 1. The molecule has 2 aromatic rings. The van der Waals surface area contributed by atoms with Gasteiger partial charge in [0.1, 0.15) is 30.3 Å². The van der Waals surface area contributed by atoms with Gasteiger partial charge >= 0.3 is 6.03 Å². The number of ether oxygens (including phenoxy) is 1. The molecule has 0 spiro atoms. The van der Waals surface area contributed by atoms with Crippen molar-refractivity contribution in [2.75, 3.05) is 30.5 Å². The van der Waals surface area contributed by atoms with Gasteiger partial charge in [-0.15, -0.1) is 0 Å². The van der Waals surface area contributed by atoms with Crippen LogP contribution in [0.25, 0.3) is 0 Å². The third-order valence-corrected chi connectivity index (χ3v) is 6.03. The molecule has 0 saturated carbocycles. The van der Waals surface area contributed by atoms with Gasteiger partial charge in [-0.05, 0) is 48.7 Å². The highest BCUT2D eigenvalue weighted by Crippen LogP contribution is 2.27. The fraction of sp³-hybridized carbons (Fsp3) is 0.400. The summed E-state index contributed by atoms with van der Waals surface area (Å²) in [6, 6.07) is 7.56. The van der Waals surface area contributed by atoms with E-state index in [1.54, 1.807) is 37.3 Å². The largest absolute Gasteiger partial charge is 0.491 e. The van der Waals surface area contributed by atoms with E-state index in [-0.39, 0.29) is 31.1 Å². The van der Waals surface area contributed by atoms with Crippen LogP contribution < -0.4 is 15.4 Å². The molecule has 3 rings (SSSR count). The third-order valence-electron chi connectivity index (χ3n) is 5.22. The van der Waals surface area contributed by atoms with Crippen LogP contribution in [-0.4, -0.2) is 63.3 Å². The van der Waals surface area contributed by atoms with Crippen molar-refractivity contribution in [3.63, 3.8) is 0 Å². The molecule has 4 amide bonds. The quantitative estimate of drug-likeness (QED) is 0.413. The average Bonchev–Trinajstić information content (AvgIpc) is 3.15. The summed E-state index contributed by atoms with van der Waals surface area (Å²) in [6.07, 6.45) is 1.39. The number of halogens is 1. The number of benzene rings is 2. The lowest BCUT2D eigenvalue weighted by atomic mass is 10.1. The molecule has 9 nitrogen and oxygen atoms in total. The number of nitrogens with zero attached hydrogens (tertiary/aromatic N) is 1. The molecule has 1 saturated heterocycles. The van der Waals surface area contributed by atoms with Gasteiger partial charge in [0.15, 0.2) is 0 Å². The number of amides is 4. The first-order valence-corrected chi connectivity index (χ1v) is 13.3. The summed E-state index contributed by atoms with van der Waals surface area (Å²) in [5, 5.41) is 13.8. The molecule has 1 heterocycles. The number of hydrogen-bond acceptors (Lipinski definition) is 6. The van der Waals surface area contributed by atoms with Gasteiger partial charge in [0.2, 0.25) is 5.91 Å². The molecule has 1 fully saturated rings. The number of hydrogen-bond donors (Lipinski definition) is 3. The summed E-state index contributed by atoms with van der Waals surface area (Å²) < 4.78 is 31.2. The van der Waals surface area contributed by atoms with Crippen LogP contribution in [0.4, 0.5) is 14.9 Å². The molecular weight excluding hydrogens is 489 g/mol. The number of anilines is 1. The smallest absolute Gasteiger partial charge is 0.325 e. The van der Waals surface area contributed by atoms with Crippen LogP contribution in [0.2, 0.25) is 0 Å². The average molecular weight is 522 g/mol. The summed E-state index contributed by atoms with van der Waals surface area (Å²) in [5.74, 6) is -1.52. The summed E-state index contributed by atoms with van der Waals surface area (Å²) >= 11 is 0. The van der Waals surface area contributed by atoms with Crippen molar-refractivity contribution < 1.29 is 32.8 Å². The van der Waals surface area contributed by atoms with E-state index in [1.165, 1.54) is 18.4 Å². The minimum Gasteiger partial charge on any atom is -0.491 e. The molecule has 36 heavy (non-hydrogen) atoms. The molecule has 2 aromatic carbocycles. The first-order valence-electron chi connectivity index (χ1n) is 11.6. The SMILES string of the molecule is CC.Cc1ccc(NC(=O)C(CCS(C)=O)N2C(=O)N[C@H](c3ccc(OCCO)cc3)C2=O)c(F)c1. The lowest BCUT2D eigenvalue weighted by Crippen LogP contribution is -2.48. The van der Waals surface area contributed by atoms with Crippen molar-refractivity contribution in [1.29, 1.82) is 0 Å². The molecule has 1 aliphatic rings. The Kier molecular flexibility index (Phi) is 11.0. The lowest BCUT2D eigenvalue weighted by Gasteiger charge is -2.24. The van der Waals surface area contributed by atoms with E-state index in [9.17, 15) is 23.0 Å². The first-order chi connectivity index (χ1) is 17.2. The van der Waals surface area contributed by atoms with Crippen LogP contribution in [-0.2, 0) is 20.4 Å². The summed E-state index contributed by atoms with van der Waals surface area (Å²) in [5.41, 5.74) is 1.05. The fourth-order valence-corrected chi connectivity index (χ4v) is 4.08. The van der Waals surface area contributed by atoms with Gasteiger partial charge in [0.05, 0.1) is 12.3 Å². The lowest BCUT2D eigenvalue weighted by molar-refractivity contribution is -0.134. The number of aryl methyl sites for hydroxylation is 1. The second-order valence-electron chi connectivity index (χ2n) is 7.79. The van der Waals surface area contributed by atoms with Crippen LogP contribution in [0.3, 0.4) is 0 Å². The predicted octanol–water partition coefficient (Wildman–Crippen LogP) is 2.90. The molecule has 3 N–H and O–H groups in total. The summed E-state index contributed by atoms with van der Waals surface area (Å²) in [6.45, 7) is 5.67. The van der Waals surface area contributed by atoms with Crippen molar-refractivity contribution in [3.05, 3.63) is 59.4 Å². The summed E-state index contributed by atoms with van der Waals surface area (Å²) in [7, 11) is -1.29. The Bertz CT molecular complexity index is 1100. The van der Waals surface area contributed by atoms with Crippen molar-refractivity contribution in [2.45, 2.75) is 39.3 Å². The molecule has 0 aliphatic carbocycles.